The first kappa shape index (κ1) is 17.7. The number of carbonyl (C=O) groups is 1. The quantitative estimate of drug-likeness (QED) is 0.528. The fourth-order valence-electron chi connectivity index (χ4n) is 2.82. The molecule has 0 radical (unpaired) electrons. The van der Waals surface area contributed by atoms with Crippen molar-refractivity contribution >= 4 is 22.6 Å². The Kier molecular flexibility index (Phi) is 4.76. The normalized spacial score (nSPS) is 11.9. The molecule has 6 heteroatoms. The number of ether oxygens (including phenoxy) is 1. The van der Waals surface area contributed by atoms with Crippen molar-refractivity contribution in [2.45, 2.75) is 13.0 Å². The minimum Gasteiger partial charge on any atom is -0.481 e. The number of carbonyl (C=O) groups excluding carboxylic acids is 1. The van der Waals surface area contributed by atoms with Crippen LogP contribution in [-0.2, 0) is 4.79 Å². The molecule has 0 fully saturated rings. The van der Waals surface area contributed by atoms with Gasteiger partial charge in [-0.1, -0.05) is 12.1 Å². The Morgan fingerprint density at radius 2 is 1.75 bits per heavy atom. The van der Waals surface area contributed by atoms with E-state index in [1.165, 1.54) is 24.3 Å². The summed E-state index contributed by atoms with van der Waals surface area (Å²) in [5.41, 5.74) is 3.45. The fraction of sp³-hybridized carbons (Fsp3) is 0.0909. The number of imidazole rings is 1. The predicted octanol–water partition coefficient (Wildman–Crippen LogP) is 4.78. The van der Waals surface area contributed by atoms with Crippen LogP contribution in [0.2, 0.25) is 0 Å². The van der Waals surface area contributed by atoms with Crippen molar-refractivity contribution in [3.8, 4) is 17.1 Å². The average molecular weight is 375 g/mol. The van der Waals surface area contributed by atoms with Crippen LogP contribution >= 0.6 is 0 Å². The molecule has 0 saturated carbocycles. The molecule has 2 N–H and O–H groups in total. The van der Waals surface area contributed by atoms with Crippen LogP contribution in [0, 0.1) is 5.82 Å². The maximum atomic E-state index is 12.9. The van der Waals surface area contributed by atoms with Crippen LogP contribution in [0.25, 0.3) is 22.4 Å². The number of nitrogens with zero attached hydrogens (tertiary/aromatic N) is 1. The summed E-state index contributed by atoms with van der Waals surface area (Å²) in [6, 6.07) is 20.8. The molecule has 1 heterocycles. The highest BCUT2D eigenvalue weighted by Gasteiger charge is 2.15. The molecule has 0 aliphatic rings. The second-order valence-corrected chi connectivity index (χ2v) is 6.38. The van der Waals surface area contributed by atoms with Gasteiger partial charge in [0.05, 0.1) is 11.0 Å². The smallest absolute Gasteiger partial charge is 0.265 e. The first-order valence-corrected chi connectivity index (χ1v) is 8.87. The Morgan fingerprint density at radius 1 is 1.04 bits per heavy atom. The highest BCUT2D eigenvalue weighted by Crippen LogP contribution is 2.22. The van der Waals surface area contributed by atoms with E-state index in [-0.39, 0.29) is 11.7 Å². The van der Waals surface area contributed by atoms with Gasteiger partial charge in [0.25, 0.3) is 5.91 Å². The van der Waals surface area contributed by atoms with E-state index in [0.717, 1.165) is 22.4 Å². The molecule has 1 amide bonds. The van der Waals surface area contributed by atoms with E-state index in [1.54, 1.807) is 6.92 Å². The summed E-state index contributed by atoms with van der Waals surface area (Å²) in [6.45, 7) is 1.64. The molecule has 0 saturated heterocycles. The van der Waals surface area contributed by atoms with Crippen LogP contribution in [0.4, 0.5) is 10.1 Å². The second-order valence-electron chi connectivity index (χ2n) is 6.38. The van der Waals surface area contributed by atoms with E-state index in [0.29, 0.717) is 11.4 Å². The Bertz CT molecular complexity index is 1070. The summed E-state index contributed by atoms with van der Waals surface area (Å²) in [5.74, 6) is 0.561. The number of para-hydroxylation sites is 2. The molecule has 1 atom stereocenters. The Labute approximate surface area is 161 Å². The number of aromatic amines is 1. The number of aromatic nitrogens is 2. The molecule has 140 valence electrons. The molecule has 0 spiro atoms. The number of H-pyrrole nitrogens is 1. The minimum absolute atomic E-state index is 0.291. The van der Waals surface area contributed by atoms with E-state index >= 15 is 0 Å². The molecular weight excluding hydrogens is 357 g/mol. The Morgan fingerprint density at radius 3 is 2.46 bits per heavy atom. The van der Waals surface area contributed by atoms with Gasteiger partial charge in [0.2, 0.25) is 0 Å². The summed E-state index contributed by atoms with van der Waals surface area (Å²) >= 11 is 0. The molecule has 1 aromatic heterocycles. The number of rotatable bonds is 5. The number of amides is 1. The van der Waals surface area contributed by atoms with E-state index in [2.05, 4.69) is 15.3 Å². The highest BCUT2D eigenvalue weighted by molar-refractivity contribution is 5.94. The zero-order chi connectivity index (χ0) is 19.5. The van der Waals surface area contributed by atoms with E-state index in [9.17, 15) is 9.18 Å². The zero-order valence-corrected chi connectivity index (χ0v) is 15.1. The third kappa shape index (κ3) is 3.86. The van der Waals surface area contributed by atoms with Crippen molar-refractivity contribution in [1.82, 2.24) is 9.97 Å². The van der Waals surface area contributed by atoms with Crippen molar-refractivity contribution in [2.24, 2.45) is 0 Å². The molecule has 28 heavy (non-hydrogen) atoms. The third-order valence-corrected chi connectivity index (χ3v) is 4.31. The lowest BCUT2D eigenvalue weighted by Gasteiger charge is -2.14. The van der Waals surface area contributed by atoms with Gasteiger partial charge >= 0.3 is 0 Å². The van der Waals surface area contributed by atoms with E-state index < -0.39 is 6.10 Å². The third-order valence-electron chi connectivity index (χ3n) is 4.31. The number of hydrogen-bond donors (Lipinski definition) is 2. The SMILES string of the molecule is C[C@@H](Oc1ccc(F)cc1)C(=O)Nc1ccc(-c2nc3ccccc3[nH]2)cc1. The number of hydrogen-bond acceptors (Lipinski definition) is 3. The van der Waals surface area contributed by atoms with Crippen molar-refractivity contribution in [3.63, 3.8) is 0 Å². The van der Waals surface area contributed by atoms with Crippen LogP contribution in [0.15, 0.2) is 72.8 Å². The number of anilines is 1. The molecular formula is C22H18FN3O2. The van der Waals surface area contributed by atoms with Gasteiger partial charge in [-0.2, -0.15) is 0 Å². The van der Waals surface area contributed by atoms with Gasteiger partial charge < -0.3 is 15.0 Å². The summed E-state index contributed by atoms with van der Waals surface area (Å²) in [7, 11) is 0. The molecule has 3 aromatic carbocycles. The molecule has 4 rings (SSSR count). The van der Waals surface area contributed by atoms with E-state index in [4.69, 9.17) is 4.74 Å². The van der Waals surface area contributed by atoms with Gasteiger partial charge in [-0.3, -0.25) is 4.79 Å². The van der Waals surface area contributed by atoms with Gasteiger partial charge in [0.15, 0.2) is 6.10 Å². The Balaban J connectivity index is 1.42. The second kappa shape index (κ2) is 7.52. The summed E-state index contributed by atoms with van der Waals surface area (Å²) in [6.07, 6.45) is -0.722. The van der Waals surface area contributed by atoms with Gasteiger partial charge in [0, 0.05) is 11.3 Å². The standard InChI is InChI=1S/C22H18FN3O2/c1-14(28-18-12-8-16(23)9-13-18)22(27)24-17-10-6-15(7-11-17)21-25-19-4-2-3-5-20(19)26-21/h2-14H,1H3,(H,24,27)(H,25,26)/t14-/m1/s1. The van der Waals surface area contributed by atoms with Crippen LogP contribution in [-0.4, -0.2) is 22.0 Å². The van der Waals surface area contributed by atoms with Crippen molar-refractivity contribution < 1.29 is 13.9 Å². The molecule has 4 aromatic rings. The topological polar surface area (TPSA) is 67.0 Å². The zero-order valence-electron chi connectivity index (χ0n) is 15.1. The lowest BCUT2D eigenvalue weighted by atomic mass is 10.2. The molecule has 0 bridgehead atoms. The maximum Gasteiger partial charge on any atom is 0.265 e. The average Bonchev–Trinajstić information content (AvgIpc) is 3.14. The van der Waals surface area contributed by atoms with Gasteiger partial charge in [-0.05, 0) is 67.6 Å². The number of halogens is 1. The maximum absolute atomic E-state index is 12.9. The lowest BCUT2D eigenvalue weighted by molar-refractivity contribution is -0.122. The van der Waals surface area contributed by atoms with Gasteiger partial charge in [-0.25, -0.2) is 9.37 Å². The van der Waals surface area contributed by atoms with Crippen LogP contribution in [0.3, 0.4) is 0 Å². The molecule has 0 aliphatic heterocycles. The molecule has 0 unspecified atom stereocenters. The summed E-state index contributed by atoms with van der Waals surface area (Å²) < 4.78 is 18.5. The number of benzene rings is 3. The first-order chi connectivity index (χ1) is 13.6. The highest BCUT2D eigenvalue weighted by atomic mass is 19.1. The lowest BCUT2D eigenvalue weighted by Crippen LogP contribution is -2.30. The number of nitrogens with one attached hydrogen (secondary N) is 2. The Hall–Kier alpha value is -3.67. The van der Waals surface area contributed by atoms with Crippen LogP contribution < -0.4 is 10.1 Å². The van der Waals surface area contributed by atoms with Crippen molar-refractivity contribution in [2.75, 3.05) is 5.32 Å². The minimum atomic E-state index is -0.722. The van der Waals surface area contributed by atoms with Crippen LogP contribution in [0.1, 0.15) is 6.92 Å². The molecule has 5 nitrogen and oxygen atoms in total. The summed E-state index contributed by atoms with van der Waals surface area (Å²) in [4.78, 5) is 20.2. The largest absolute Gasteiger partial charge is 0.481 e. The van der Waals surface area contributed by atoms with Crippen LogP contribution in [0.5, 0.6) is 5.75 Å². The monoisotopic (exact) mass is 375 g/mol. The summed E-state index contributed by atoms with van der Waals surface area (Å²) in [5, 5.41) is 2.81. The van der Waals surface area contributed by atoms with Crippen molar-refractivity contribution in [1.29, 1.82) is 0 Å². The predicted molar refractivity (Wildman–Crippen MR) is 107 cm³/mol. The number of fused-ring (bicyclic) bond motifs is 1. The van der Waals surface area contributed by atoms with Crippen molar-refractivity contribution in [3.05, 3.63) is 78.6 Å². The van der Waals surface area contributed by atoms with Gasteiger partial charge in [0.1, 0.15) is 17.4 Å². The van der Waals surface area contributed by atoms with Gasteiger partial charge in [-0.15, -0.1) is 0 Å². The fourth-order valence-corrected chi connectivity index (χ4v) is 2.82. The van der Waals surface area contributed by atoms with E-state index in [1.807, 2.05) is 48.5 Å². The first-order valence-electron chi connectivity index (χ1n) is 8.87. The molecule has 0 aliphatic carbocycles.